The summed E-state index contributed by atoms with van der Waals surface area (Å²) in [4.78, 5) is 20.4. The summed E-state index contributed by atoms with van der Waals surface area (Å²) < 4.78 is 42.1. The lowest BCUT2D eigenvalue weighted by Crippen LogP contribution is -2.50. The number of alkyl halides is 3. The number of benzene rings is 2. The van der Waals surface area contributed by atoms with Gasteiger partial charge in [0.2, 0.25) is 0 Å². The van der Waals surface area contributed by atoms with Crippen molar-refractivity contribution in [1.82, 2.24) is 20.0 Å². The summed E-state index contributed by atoms with van der Waals surface area (Å²) in [6, 6.07) is 9.49. The van der Waals surface area contributed by atoms with Crippen LogP contribution in [-0.4, -0.2) is 51.4 Å². The van der Waals surface area contributed by atoms with Crippen molar-refractivity contribution in [2.24, 2.45) is 10.9 Å². The third-order valence-corrected chi connectivity index (χ3v) is 8.38. The fourth-order valence-corrected chi connectivity index (χ4v) is 6.35. The maximum atomic E-state index is 13.5. The van der Waals surface area contributed by atoms with Gasteiger partial charge in [0.25, 0.3) is 5.91 Å². The number of halogens is 4. The van der Waals surface area contributed by atoms with Crippen molar-refractivity contribution in [3.8, 4) is 0 Å². The molecule has 3 aromatic rings. The number of carbonyl (C=O) groups excluding carboxylic acids is 1. The average Bonchev–Trinajstić information content (AvgIpc) is 3.42. The molecule has 5 heterocycles. The number of rotatable bonds is 4. The van der Waals surface area contributed by atoms with Crippen molar-refractivity contribution < 1.29 is 18.0 Å². The lowest BCUT2D eigenvalue weighted by molar-refractivity contribution is -0.138. The van der Waals surface area contributed by atoms with Crippen molar-refractivity contribution in [3.05, 3.63) is 69.2 Å². The van der Waals surface area contributed by atoms with Gasteiger partial charge in [-0.1, -0.05) is 23.7 Å². The van der Waals surface area contributed by atoms with Gasteiger partial charge in [-0.25, -0.2) is 0 Å². The number of nitrogens with one attached hydrogen (secondary N) is 1. The third-order valence-electron chi connectivity index (χ3n) is 7.22. The van der Waals surface area contributed by atoms with Crippen molar-refractivity contribution in [1.29, 1.82) is 0 Å². The highest BCUT2D eigenvalue weighted by molar-refractivity contribution is 8.18. The molecule has 4 aliphatic heterocycles. The summed E-state index contributed by atoms with van der Waals surface area (Å²) in [6.45, 7) is 3.18. The first kappa shape index (κ1) is 24.5. The highest BCUT2D eigenvalue weighted by Crippen LogP contribution is 2.35. The number of amides is 1. The Morgan fingerprint density at radius 2 is 2.00 bits per heavy atom. The fourth-order valence-electron chi connectivity index (χ4n) is 5.30. The van der Waals surface area contributed by atoms with Gasteiger partial charge in [0, 0.05) is 17.0 Å². The number of aliphatic imine (C=N–C) groups is 1. The van der Waals surface area contributed by atoms with Crippen LogP contribution in [-0.2, 0) is 17.5 Å². The number of nitrogens with zero attached hydrogens (tertiary/aromatic N) is 4. The second-order valence-corrected chi connectivity index (χ2v) is 11.1. The number of thioether (sulfide) groups is 1. The van der Waals surface area contributed by atoms with Crippen molar-refractivity contribution in [2.75, 3.05) is 19.6 Å². The van der Waals surface area contributed by atoms with Crippen molar-refractivity contribution in [3.63, 3.8) is 0 Å². The second kappa shape index (κ2) is 9.49. The van der Waals surface area contributed by atoms with Crippen LogP contribution in [0.15, 0.2) is 52.5 Å². The molecule has 0 unspecified atom stereocenters. The Bertz CT molecular complexity index is 1440. The summed E-state index contributed by atoms with van der Waals surface area (Å²) in [5, 5.41) is 8.64. The average molecular weight is 546 g/mol. The number of piperidine rings is 3. The highest BCUT2D eigenvalue weighted by Gasteiger charge is 2.36. The van der Waals surface area contributed by atoms with E-state index in [0.29, 0.717) is 21.5 Å². The molecule has 1 amide bonds. The standard InChI is InChI=1S/C26H23ClF3N5OS/c27-19-3-2-17(20(11-19)26(28,29)30)13-35-22-4-1-15(9-18(22)12-31-35)10-23-24(36)33-25(37-23)32-21-14-34-7-5-16(21)6-8-34/h1-4,9-12,16,21H,5-8,13-14H2,(H,32,33,36)/t21-/m1/s1. The van der Waals surface area contributed by atoms with Crippen LogP contribution in [0, 0.1) is 5.92 Å². The number of aromatic nitrogens is 2. The van der Waals surface area contributed by atoms with Crippen LogP contribution in [0.5, 0.6) is 0 Å². The van der Waals surface area contributed by atoms with Gasteiger partial charge in [-0.15, -0.1) is 0 Å². The molecular weight excluding hydrogens is 523 g/mol. The maximum absolute atomic E-state index is 13.5. The van der Waals surface area contributed by atoms with Crippen LogP contribution < -0.4 is 5.32 Å². The molecule has 2 aromatic carbocycles. The van der Waals surface area contributed by atoms with Gasteiger partial charge >= 0.3 is 6.18 Å². The van der Waals surface area contributed by atoms with E-state index in [1.165, 1.54) is 28.6 Å². The Kier molecular flexibility index (Phi) is 6.29. The van der Waals surface area contributed by atoms with Crippen molar-refractivity contribution in [2.45, 2.75) is 31.6 Å². The number of fused-ring (bicyclic) bond motifs is 4. The topological polar surface area (TPSA) is 62.5 Å². The molecule has 0 radical (unpaired) electrons. The Morgan fingerprint density at radius 1 is 1.19 bits per heavy atom. The molecule has 7 rings (SSSR count). The Labute approximate surface area is 220 Å². The SMILES string of the molecule is O=C1NC(=N[C@@H]2CN3CCC2CC3)SC1=Cc1ccc2c(cnn2Cc2ccc(Cl)cc2C(F)(F)F)c1. The summed E-state index contributed by atoms with van der Waals surface area (Å²) in [5.41, 5.74) is 0.807. The van der Waals surface area contributed by atoms with E-state index in [4.69, 9.17) is 16.6 Å². The highest BCUT2D eigenvalue weighted by atomic mass is 35.5. The monoisotopic (exact) mass is 545 g/mol. The predicted octanol–water partition coefficient (Wildman–Crippen LogP) is 5.41. The van der Waals surface area contributed by atoms with Gasteiger partial charge in [-0.05, 0) is 85.1 Å². The smallest absolute Gasteiger partial charge is 0.301 e. The Morgan fingerprint density at radius 3 is 2.73 bits per heavy atom. The van der Waals surface area contributed by atoms with E-state index in [1.807, 2.05) is 12.1 Å². The molecular formula is C26H23ClF3N5OS. The van der Waals surface area contributed by atoms with Crippen LogP contribution in [0.1, 0.15) is 29.5 Å². The molecule has 11 heteroatoms. The van der Waals surface area contributed by atoms with Gasteiger partial charge in [-0.3, -0.25) is 14.5 Å². The molecule has 1 N–H and O–H groups in total. The number of hydrogen-bond donors (Lipinski definition) is 1. The van der Waals surface area contributed by atoms with Gasteiger partial charge in [-0.2, -0.15) is 18.3 Å². The van der Waals surface area contributed by atoms with Crippen LogP contribution in [0.2, 0.25) is 5.02 Å². The molecule has 1 atom stereocenters. The molecule has 1 aromatic heterocycles. The van der Waals surface area contributed by atoms with Crippen LogP contribution in [0.25, 0.3) is 17.0 Å². The molecule has 4 fully saturated rings. The minimum atomic E-state index is -4.52. The summed E-state index contributed by atoms with van der Waals surface area (Å²) >= 11 is 7.15. The van der Waals surface area contributed by atoms with Crippen LogP contribution in [0.4, 0.5) is 13.2 Å². The van der Waals surface area contributed by atoms with Gasteiger partial charge in [0.15, 0.2) is 5.17 Å². The first-order valence-corrected chi connectivity index (χ1v) is 13.2. The lowest BCUT2D eigenvalue weighted by atomic mass is 9.84. The second-order valence-electron chi connectivity index (χ2n) is 9.62. The van der Waals surface area contributed by atoms with Gasteiger partial charge in [0.1, 0.15) is 0 Å². The molecule has 37 heavy (non-hydrogen) atoms. The normalized spacial score (nSPS) is 25.9. The quantitative estimate of drug-likeness (QED) is 0.445. The zero-order chi connectivity index (χ0) is 25.7. The Balaban J connectivity index is 1.21. The summed E-state index contributed by atoms with van der Waals surface area (Å²) in [5.74, 6) is 0.408. The molecule has 192 valence electrons. The molecule has 6 nitrogen and oxygen atoms in total. The number of carbonyl (C=O) groups is 1. The van der Waals surface area contributed by atoms with Crippen molar-refractivity contribution >= 4 is 51.4 Å². The zero-order valence-electron chi connectivity index (χ0n) is 19.6. The fraction of sp³-hybridized carbons (Fsp3) is 0.346. The summed E-state index contributed by atoms with van der Waals surface area (Å²) in [6.07, 6.45) is 1.22. The van der Waals surface area contributed by atoms with E-state index in [9.17, 15) is 18.0 Å². The van der Waals surface area contributed by atoms with E-state index >= 15 is 0 Å². The molecule has 0 aliphatic carbocycles. The minimum Gasteiger partial charge on any atom is -0.301 e. The van der Waals surface area contributed by atoms with Gasteiger partial charge in [0.05, 0.1) is 34.8 Å². The maximum Gasteiger partial charge on any atom is 0.416 e. The van der Waals surface area contributed by atoms with Crippen LogP contribution in [0.3, 0.4) is 0 Å². The molecule has 0 saturated carbocycles. The van der Waals surface area contributed by atoms with E-state index in [0.717, 1.165) is 49.5 Å². The van der Waals surface area contributed by atoms with E-state index in [1.54, 1.807) is 18.3 Å². The molecule has 4 saturated heterocycles. The van der Waals surface area contributed by atoms with E-state index < -0.39 is 11.7 Å². The van der Waals surface area contributed by atoms with Crippen LogP contribution >= 0.6 is 23.4 Å². The predicted molar refractivity (Wildman–Crippen MR) is 139 cm³/mol. The van der Waals surface area contributed by atoms with E-state index in [-0.39, 0.29) is 29.1 Å². The largest absolute Gasteiger partial charge is 0.416 e. The molecule has 2 bridgehead atoms. The molecule has 4 aliphatic rings. The van der Waals surface area contributed by atoms with E-state index in [2.05, 4.69) is 15.3 Å². The summed E-state index contributed by atoms with van der Waals surface area (Å²) in [7, 11) is 0. The number of amidine groups is 1. The minimum absolute atomic E-state index is 0.0323. The zero-order valence-corrected chi connectivity index (χ0v) is 21.2. The first-order valence-electron chi connectivity index (χ1n) is 12.1. The lowest BCUT2D eigenvalue weighted by Gasteiger charge is -2.43. The first-order chi connectivity index (χ1) is 17.7. The molecule has 0 spiro atoms. The number of hydrogen-bond acceptors (Lipinski definition) is 5. The van der Waals surface area contributed by atoms with Gasteiger partial charge < -0.3 is 10.2 Å². The Hall–Kier alpha value is -2.82. The third kappa shape index (κ3) is 5.02.